The first-order valence-electron chi connectivity index (χ1n) is 4.56. The minimum atomic E-state index is -0.634. The number of ether oxygens (including phenoxy) is 1. The quantitative estimate of drug-likeness (QED) is 0.372. The monoisotopic (exact) mass is 210 g/mol. The van der Waals surface area contributed by atoms with Crippen molar-refractivity contribution in [3.8, 4) is 0 Å². The Morgan fingerprint density at radius 3 is 2.79 bits per heavy atom. The molecule has 0 aliphatic rings. The van der Waals surface area contributed by atoms with E-state index in [1.165, 1.54) is 5.56 Å². The fraction of sp³-hybridized carbons (Fsp3) is 0.300. The van der Waals surface area contributed by atoms with Gasteiger partial charge in [-0.2, -0.15) is 0 Å². The normalized spacial score (nSPS) is 10.9. The average molecular weight is 210 g/mol. The van der Waals surface area contributed by atoms with E-state index >= 15 is 0 Å². The van der Waals surface area contributed by atoms with Gasteiger partial charge in [-0.3, -0.25) is 0 Å². The van der Waals surface area contributed by atoms with Crippen LogP contribution in [0.4, 0.5) is 0 Å². The van der Waals surface area contributed by atoms with Crippen molar-refractivity contribution in [2.75, 3.05) is 12.8 Å². The molecule has 76 valence electrons. The van der Waals surface area contributed by atoms with Gasteiger partial charge in [0, 0.05) is 0 Å². The van der Waals surface area contributed by atoms with Crippen molar-refractivity contribution in [3.63, 3.8) is 0 Å². The van der Waals surface area contributed by atoms with Gasteiger partial charge in [0.1, 0.15) is 12.9 Å². The molecule has 0 saturated carbocycles. The first kappa shape index (κ1) is 11.1. The molecule has 1 aromatic carbocycles. The molecule has 3 nitrogen and oxygen atoms in total. The van der Waals surface area contributed by atoms with Crippen LogP contribution in [0.2, 0.25) is 0 Å². The summed E-state index contributed by atoms with van der Waals surface area (Å²) in [5, 5.41) is 0. The van der Waals surface area contributed by atoms with Crippen LogP contribution >= 0.6 is 0 Å². The van der Waals surface area contributed by atoms with Gasteiger partial charge in [0.2, 0.25) is 0 Å². The molecule has 0 bridgehead atoms. The van der Waals surface area contributed by atoms with Gasteiger partial charge < -0.3 is 14.0 Å². The van der Waals surface area contributed by atoms with E-state index in [4.69, 9.17) is 9.16 Å². The van der Waals surface area contributed by atoms with Crippen molar-refractivity contribution in [1.82, 2.24) is 0 Å². The standard InChI is InChI=1S/C10H14O3Si/c11-6-7-12-9-14-13-8-10-4-2-1-3-5-10/h1-6H,7-9,14H2. The van der Waals surface area contributed by atoms with E-state index in [1.54, 1.807) is 0 Å². The molecule has 0 N–H and O–H groups in total. The van der Waals surface area contributed by atoms with Crippen LogP contribution in [0.1, 0.15) is 5.56 Å². The maximum atomic E-state index is 9.91. The fourth-order valence-corrected chi connectivity index (χ4v) is 1.80. The number of carbonyl (C=O) groups is 1. The Morgan fingerprint density at radius 2 is 2.07 bits per heavy atom. The molecule has 14 heavy (non-hydrogen) atoms. The predicted molar refractivity (Wildman–Crippen MR) is 56.7 cm³/mol. The van der Waals surface area contributed by atoms with Crippen LogP contribution in [0.15, 0.2) is 30.3 Å². The highest BCUT2D eigenvalue weighted by Crippen LogP contribution is 1.99. The first-order valence-corrected chi connectivity index (χ1v) is 6.14. The van der Waals surface area contributed by atoms with Gasteiger partial charge in [-0.25, -0.2) is 0 Å². The molecule has 0 unspecified atom stereocenters. The topological polar surface area (TPSA) is 35.5 Å². The Hall–Kier alpha value is -0.973. The maximum Gasteiger partial charge on any atom is 0.187 e. The summed E-state index contributed by atoms with van der Waals surface area (Å²) in [5.41, 5.74) is 1.18. The van der Waals surface area contributed by atoms with E-state index in [9.17, 15) is 4.79 Å². The lowest BCUT2D eigenvalue weighted by molar-refractivity contribution is -0.111. The van der Waals surface area contributed by atoms with Crippen LogP contribution in [0.3, 0.4) is 0 Å². The van der Waals surface area contributed by atoms with E-state index in [-0.39, 0.29) is 6.61 Å². The van der Waals surface area contributed by atoms with Crippen molar-refractivity contribution in [3.05, 3.63) is 35.9 Å². The van der Waals surface area contributed by atoms with E-state index in [0.717, 1.165) is 6.29 Å². The third-order valence-electron chi connectivity index (χ3n) is 1.67. The van der Waals surface area contributed by atoms with E-state index in [2.05, 4.69) is 0 Å². The smallest absolute Gasteiger partial charge is 0.187 e. The largest absolute Gasteiger partial charge is 0.417 e. The third-order valence-corrected chi connectivity index (χ3v) is 2.62. The van der Waals surface area contributed by atoms with Crippen molar-refractivity contribution < 1.29 is 14.0 Å². The SMILES string of the molecule is O=CCOC[SiH2]OCc1ccccc1. The Bertz CT molecular complexity index is 251. The van der Waals surface area contributed by atoms with Gasteiger partial charge in [-0.15, -0.1) is 0 Å². The van der Waals surface area contributed by atoms with Crippen LogP contribution in [0.5, 0.6) is 0 Å². The van der Waals surface area contributed by atoms with E-state index < -0.39 is 9.76 Å². The van der Waals surface area contributed by atoms with Crippen LogP contribution < -0.4 is 0 Å². The minimum absolute atomic E-state index is 0.182. The molecule has 0 atom stereocenters. The second-order valence-electron chi connectivity index (χ2n) is 2.78. The number of aldehydes is 1. The predicted octanol–water partition coefficient (Wildman–Crippen LogP) is 0.460. The van der Waals surface area contributed by atoms with Gasteiger partial charge in [-0.1, -0.05) is 30.3 Å². The van der Waals surface area contributed by atoms with Crippen molar-refractivity contribution in [2.45, 2.75) is 6.61 Å². The Labute approximate surface area is 86.0 Å². The number of rotatable bonds is 7. The van der Waals surface area contributed by atoms with Gasteiger partial charge in [0.15, 0.2) is 9.76 Å². The molecular weight excluding hydrogens is 196 g/mol. The van der Waals surface area contributed by atoms with Crippen LogP contribution in [-0.2, 0) is 20.6 Å². The fourth-order valence-electron chi connectivity index (χ4n) is 1.01. The van der Waals surface area contributed by atoms with Crippen molar-refractivity contribution in [1.29, 1.82) is 0 Å². The molecule has 1 rings (SSSR count). The molecule has 0 amide bonds. The number of hydrogen-bond acceptors (Lipinski definition) is 3. The number of benzene rings is 1. The molecule has 4 heteroatoms. The van der Waals surface area contributed by atoms with E-state index in [1.807, 2.05) is 30.3 Å². The Kier molecular flexibility index (Phi) is 5.89. The molecule has 0 radical (unpaired) electrons. The highest BCUT2D eigenvalue weighted by molar-refractivity contribution is 6.26. The van der Waals surface area contributed by atoms with Crippen LogP contribution in [0, 0.1) is 0 Å². The van der Waals surface area contributed by atoms with Gasteiger partial charge in [0.25, 0.3) is 0 Å². The molecular formula is C10H14O3Si. The summed E-state index contributed by atoms with van der Waals surface area (Å²) in [7, 11) is -0.634. The summed E-state index contributed by atoms with van der Waals surface area (Å²) in [6.45, 7) is 0.833. The van der Waals surface area contributed by atoms with Gasteiger partial charge in [-0.05, 0) is 5.56 Å². The lowest BCUT2D eigenvalue weighted by atomic mass is 10.2. The highest BCUT2D eigenvalue weighted by Gasteiger charge is 1.92. The second-order valence-corrected chi connectivity index (χ2v) is 4.00. The molecule has 0 fully saturated rings. The lowest BCUT2D eigenvalue weighted by Crippen LogP contribution is -2.09. The zero-order valence-electron chi connectivity index (χ0n) is 8.02. The molecule has 0 heterocycles. The molecule has 0 saturated heterocycles. The average Bonchev–Trinajstić information content (AvgIpc) is 2.25. The molecule has 1 aromatic rings. The summed E-state index contributed by atoms with van der Waals surface area (Å²) in [4.78, 5) is 9.91. The van der Waals surface area contributed by atoms with Crippen LogP contribution in [-0.4, -0.2) is 28.9 Å². The first-order chi connectivity index (χ1) is 6.93. The summed E-state index contributed by atoms with van der Waals surface area (Å²) >= 11 is 0. The van der Waals surface area contributed by atoms with Crippen molar-refractivity contribution >= 4 is 16.0 Å². The molecule has 0 aliphatic heterocycles. The van der Waals surface area contributed by atoms with Crippen molar-refractivity contribution in [2.24, 2.45) is 0 Å². The zero-order valence-corrected chi connectivity index (χ0v) is 9.43. The molecule has 0 spiro atoms. The summed E-state index contributed by atoms with van der Waals surface area (Å²) in [6, 6.07) is 10.0. The minimum Gasteiger partial charge on any atom is -0.417 e. The van der Waals surface area contributed by atoms with Gasteiger partial charge >= 0.3 is 0 Å². The third kappa shape index (κ3) is 4.91. The number of carbonyl (C=O) groups excluding carboxylic acids is 1. The Balaban J connectivity index is 2.02. The summed E-state index contributed by atoms with van der Waals surface area (Å²) in [5.74, 6) is 0. The maximum absolute atomic E-state index is 9.91. The molecule has 0 aromatic heterocycles. The Morgan fingerprint density at radius 1 is 1.29 bits per heavy atom. The lowest BCUT2D eigenvalue weighted by Gasteiger charge is -2.03. The highest BCUT2D eigenvalue weighted by atomic mass is 28.2. The molecule has 0 aliphatic carbocycles. The van der Waals surface area contributed by atoms with Gasteiger partial charge in [0.05, 0.1) is 12.8 Å². The zero-order chi connectivity index (χ0) is 10.1. The summed E-state index contributed by atoms with van der Waals surface area (Å²) < 4.78 is 10.5. The second kappa shape index (κ2) is 7.43. The summed E-state index contributed by atoms with van der Waals surface area (Å²) in [6.07, 6.45) is 1.36. The van der Waals surface area contributed by atoms with Crippen LogP contribution in [0.25, 0.3) is 0 Å². The number of hydrogen-bond donors (Lipinski definition) is 0. The van der Waals surface area contributed by atoms with E-state index in [0.29, 0.717) is 12.8 Å².